The molecule has 2 N–H and O–H groups in total. The number of fused-ring (bicyclic) bond motifs is 1. The van der Waals surface area contributed by atoms with Crippen LogP contribution in [-0.2, 0) is 0 Å². The molecule has 3 rings (SSSR count). The minimum atomic E-state index is 0.335. The lowest BCUT2D eigenvalue weighted by Gasteiger charge is -2.10. The minimum Gasteiger partial charge on any atom is -0.457 e. The highest BCUT2D eigenvalue weighted by Crippen LogP contribution is 2.28. The van der Waals surface area contributed by atoms with Crippen LogP contribution in [0.2, 0.25) is 0 Å². The molecule has 0 radical (unpaired) electrons. The second-order valence-corrected chi connectivity index (χ2v) is 4.91. The van der Waals surface area contributed by atoms with Gasteiger partial charge in [-0.2, -0.15) is 0 Å². The zero-order valence-corrected chi connectivity index (χ0v) is 11.6. The molecule has 0 aliphatic rings. The molecule has 0 heterocycles. The summed E-state index contributed by atoms with van der Waals surface area (Å²) in [6, 6.07) is 21.7. The number of thiocarbonyl (C=S) groups is 1. The van der Waals surface area contributed by atoms with Crippen molar-refractivity contribution in [1.29, 1.82) is 0 Å². The van der Waals surface area contributed by atoms with E-state index in [4.69, 9.17) is 22.7 Å². The molecule has 0 aromatic heterocycles. The van der Waals surface area contributed by atoms with Gasteiger partial charge in [0.05, 0.1) is 5.56 Å². The van der Waals surface area contributed by atoms with Gasteiger partial charge in [0, 0.05) is 0 Å². The first-order valence-electron chi connectivity index (χ1n) is 6.29. The molecule has 0 saturated heterocycles. The zero-order valence-electron chi connectivity index (χ0n) is 10.7. The summed E-state index contributed by atoms with van der Waals surface area (Å²) in [5, 5.41) is 2.32. The highest BCUT2D eigenvalue weighted by Gasteiger charge is 2.06. The molecular weight excluding hydrogens is 266 g/mol. The Hall–Kier alpha value is -2.39. The fourth-order valence-corrected chi connectivity index (χ4v) is 2.29. The Kier molecular flexibility index (Phi) is 3.35. The van der Waals surface area contributed by atoms with Crippen molar-refractivity contribution in [3.8, 4) is 11.5 Å². The summed E-state index contributed by atoms with van der Waals surface area (Å²) in [5.41, 5.74) is 6.46. The summed E-state index contributed by atoms with van der Waals surface area (Å²) in [6.07, 6.45) is 0. The van der Waals surface area contributed by atoms with Crippen molar-refractivity contribution in [2.24, 2.45) is 5.73 Å². The Balaban J connectivity index is 1.99. The van der Waals surface area contributed by atoms with Crippen molar-refractivity contribution >= 4 is 28.0 Å². The first-order chi connectivity index (χ1) is 9.74. The lowest BCUT2D eigenvalue weighted by Crippen LogP contribution is -2.10. The van der Waals surface area contributed by atoms with Crippen LogP contribution in [0.4, 0.5) is 0 Å². The molecule has 2 nitrogen and oxygen atoms in total. The predicted molar refractivity (Wildman–Crippen MR) is 86.4 cm³/mol. The van der Waals surface area contributed by atoms with Crippen LogP contribution in [0, 0.1) is 0 Å². The van der Waals surface area contributed by atoms with Gasteiger partial charge in [0.15, 0.2) is 0 Å². The van der Waals surface area contributed by atoms with E-state index in [1.165, 1.54) is 5.39 Å². The van der Waals surface area contributed by atoms with Crippen molar-refractivity contribution < 1.29 is 4.74 Å². The number of nitrogens with two attached hydrogens (primary N) is 1. The van der Waals surface area contributed by atoms with Crippen LogP contribution in [0.15, 0.2) is 66.7 Å². The molecule has 0 amide bonds. The fourth-order valence-electron chi connectivity index (χ4n) is 2.12. The number of ether oxygens (including phenoxy) is 1. The van der Waals surface area contributed by atoms with Gasteiger partial charge in [-0.1, -0.05) is 54.7 Å². The van der Waals surface area contributed by atoms with Crippen LogP contribution in [0.25, 0.3) is 10.8 Å². The summed E-state index contributed by atoms with van der Waals surface area (Å²) < 4.78 is 5.91. The number of para-hydroxylation sites is 1. The van der Waals surface area contributed by atoms with Gasteiger partial charge in [-0.05, 0) is 35.0 Å². The van der Waals surface area contributed by atoms with Gasteiger partial charge in [0.2, 0.25) is 0 Å². The second-order valence-electron chi connectivity index (χ2n) is 4.47. The SMILES string of the molecule is NC(=S)c1ccccc1Oc1ccc2ccccc2c1. The van der Waals surface area contributed by atoms with Crippen LogP contribution in [-0.4, -0.2) is 4.99 Å². The molecule has 0 spiro atoms. The molecule has 0 aliphatic carbocycles. The van der Waals surface area contributed by atoms with Gasteiger partial charge in [-0.15, -0.1) is 0 Å². The third-order valence-corrected chi connectivity index (χ3v) is 3.32. The van der Waals surface area contributed by atoms with Crippen molar-refractivity contribution in [2.75, 3.05) is 0 Å². The highest BCUT2D eigenvalue weighted by molar-refractivity contribution is 7.80. The number of benzene rings is 3. The largest absolute Gasteiger partial charge is 0.457 e. The van der Waals surface area contributed by atoms with E-state index in [0.29, 0.717) is 10.7 Å². The van der Waals surface area contributed by atoms with E-state index in [-0.39, 0.29) is 0 Å². The molecule has 3 aromatic carbocycles. The number of hydrogen-bond acceptors (Lipinski definition) is 2. The van der Waals surface area contributed by atoms with Crippen LogP contribution < -0.4 is 10.5 Å². The summed E-state index contributed by atoms with van der Waals surface area (Å²) in [4.78, 5) is 0.335. The molecule has 98 valence electrons. The van der Waals surface area contributed by atoms with E-state index < -0.39 is 0 Å². The quantitative estimate of drug-likeness (QED) is 0.727. The normalized spacial score (nSPS) is 10.4. The van der Waals surface area contributed by atoms with E-state index >= 15 is 0 Å². The molecular formula is C17H13NOS. The number of rotatable bonds is 3. The van der Waals surface area contributed by atoms with Crippen LogP contribution >= 0.6 is 12.2 Å². The molecule has 0 saturated carbocycles. The van der Waals surface area contributed by atoms with E-state index in [2.05, 4.69) is 12.1 Å². The monoisotopic (exact) mass is 279 g/mol. The van der Waals surface area contributed by atoms with Gasteiger partial charge in [0.25, 0.3) is 0 Å². The molecule has 0 unspecified atom stereocenters. The average Bonchev–Trinajstić information content (AvgIpc) is 2.47. The zero-order chi connectivity index (χ0) is 13.9. The van der Waals surface area contributed by atoms with Crippen molar-refractivity contribution in [2.45, 2.75) is 0 Å². The van der Waals surface area contributed by atoms with Crippen molar-refractivity contribution in [3.63, 3.8) is 0 Å². The molecule has 3 aromatic rings. The minimum absolute atomic E-state index is 0.335. The first kappa shape index (κ1) is 12.6. The third kappa shape index (κ3) is 2.49. The van der Waals surface area contributed by atoms with Gasteiger partial charge in [-0.25, -0.2) is 0 Å². The Labute approximate surface area is 122 Å². The van der Waals surface area contributed by atoms with Gasteiger partial charge >= 0.3 is 0 Å². The lowest BCUT2D eigenvalue weighted by atomic mass is 10.1. The van der Waals surface area contributed by atoms with Gasteiger partial charge in [-0.3, -0.25) is 0 Å². The van der Waals surface area contributed by atoms with E-state index in [1.807, 2.05) is 54.6 Å². The molecule has 20 heavy (non-hydrogen) atoms. The van der Waals surface area contributed by atoms with Gasteiger partial charge < -0.3 is 10.5 Å². The first-order valence-corrected chi connectivity index (χ1v) is 6.70. The fraction of sp³-hybridized carbons (Fsp3) is 0. The smallest absolute Gasteiger partial charge is 0.137 e. The maximum atomic E-state index is 5.91. The Morgan fingerprint density at radius 2 is 1.55 bits per heavy atom. The highest BCUT2D eigenvalue weighted by atomic mass is 32.1. The van der Waals surface area contributed by atoms with E-state index in [1.54, 1.807) is 0 Å². The molecule has 0 aliphatic heterocycles. The average molecular weight is 279 g/mol. The Bertz CT molecular complexity index is 783. The third-order valence-electron chi connectivity index (χ3n) is 3.10. The molecule has 0 atom stereocenters. The summed E-state index contributed by atoms with van der Waals surface area (Å²) in [7, 11) is 0. The van der Waals surface area contributed by atoms with E-state index in [0.717, 1.165) is 16.7 Å². The summed E-state index contributed by atoms with van der Waals surface area (Å²) >= 11 is 5.04. The maximum absolute atomic E-state index is 5.91. The Morgan fingerprint density at radius 3 is 2.35 bits per heavy atom. The van der Waals surface area contributed by atoms with Crippen molar-refractivity contribution in [1.82, 2.24) is 0 Å². The summed E-state index contributed by atoms with van der Waals surface area (Å²) in [5.74, 6) is 1.45. The maximum Gasteiger partial charge on any atom is 0.137 e. The molecule has 0 bridgehead atoms. The Morgan fingerprint density at radius 1 is 0.850 bits per heavy atom. The van der Waals surface area contributed by atoms with Gasteiger partial charge in [0.1, 0.15) is 16.5 Å². The lowest BCUT2D eigenvalue weighted by molar-refractivity contribution is 0.482. The second kappa shape index (κ2) is 5.31. The predicted octanol–water partition coefficient (Wildman–Crippen LogP) is 4.27. The van der Waals surface area contributed by atoms with Crippen molar-refractivity contribution in [3.05, 3.63) is 72.3 Å². The van der Waals surface area contributed by atoms with Crippen LogP contribution in [0.1, 0.15) is 5.56 Å². The van der Waals surface area contributed by atoms with Crippen LogP contribution in [0.5, 0.6) is 11.5 Å². The standard InChI is InChI=1S/C17H13NOS/c18-17(20)15-7-3-4-8-16(15)19-14-10-9-12-5-1-2-6-13(12)11-14/h1-11H,(H2,18,20). The summed E-state index contributed by atoms with van der Waals surface area (Å²) in [6.45, 7) is 0. The van der Waals surface area contributed by atoms with E-state index in [9.17, 15) is 0 Å². The number of hydrogen-bond donors (Lipinski definition) is 1. The topological polar surface area (TPSA) is 35.2 Å². The van der Waals surface area contributed by atoms with Crippen LogP contribution in [0.3, 0.4) is 0 Å². The molecule has 0 fully saturated rings. The molecule has 3 heteroatoms.